The zero-order valence-electron chi connectivity index (χ0n) is 17.8. The molecule has 0 saturated carbocycles. The van der Waals surface area contributed by atoms with Crippen LogP contribution in [-0.2, 0) is 19.1 Å². The number of aromatic nitrogens is 4. The lowest BCUT2D eigenvalue weighted by Crippen LogP contribution is -2.34. The number of hydrogen-bond acceptors (Lipinski definition) is 8. The van der Waals surface area contributed by atoms with Crippen molar-refractivity contribution in [1.82, 2.24) is 19.5 Å². The summed E-state index contributed by atoms with van der Waals surface area (Å²) in [5.41, 5.74) is 0.121. The fourth-order valence-electron chi connectivity index (χ4n) is 3.53. The molecule has 0 spiro atoms. The molecule has 1 unspecified atom stereocenters. The van der Waals surface area contributed by atoms with E-state index in [0.717, 1.165) is 6.07 Å². The van der Waals surface area contributed by atoms with Crippen molar-refractivity contribution < 1.29 is 23.0 Å². The van der Waals surface area contributed by atoms with E-state index in [1.54, 1.807) is 0 Å². The second kappa shape index (κ2) is 10.8. The van der Waals surface area contributed by atoms with Crippen molar-refractivity contribution in [1.29, 1.82) is 0 Å². The number of aliphatic hydroxyl groups is 1. The Hall–Kier alpha value is -2.22. The van der Waals surface area contributed by atoms with E-state index >= 15 is 0 Å². The summed E-state index contributed by atoms with van der Waals surface area (Å²) in [6.07, 6.45) is -2.69. The monoisotopic (exact) mass is 640 g/mol. The molecule has 0 fully saturated rings. The van der Waals surface area contributed by atoms with Crippen molar-refractivity contribution in [2.24, 2.45) is 0 Å². The maximum Gasteiger partial charge on any atom is 0.419 e. The number of alkyl halides is 3. The minimum Gasteiger partial charge on any atom is -0.438 e. The second-order valence-electron chi connectivity index (χ2n) is 7.34. The predicted octanol–water partition coefficient (Wildman–Crippen LogP) is 4.26. The molecular weight excluding hydrogens is 623 g/mol. The average Bonchev–Trinajstić information content (AvgIpc) is 2.83. The highest BCUT2D eigenvalue weighted by molar-refractivity contribution is 14.2. The Kier molecular flexibility index (Phi) is 7.99. The predicted molar refractivity (Wildman–Crippen MR) is 135 cm³/mol. The number of rotatable bonds is 7. The number of benzene rings is 1. The summed E-state index contributed by atoms with van der Waals surface area (Å²) in [5, 5.41) is 16.1. The summed E-state index contributed by atoms with van der Waals surface area (Å²) in [7, 11) is 0. The third-order valence-corrected chi connectivity index (χ3v) is 7.35. The maximum absolute atomic E-state index is 13.5. The van der Waals surface area contributed by atoms with Gasteiger partial charge in [-0.05, 0) is 40.6 Å². The van der Waals surface area contributed by atoms with Crippen LogP contribution in [0.1, 0.15) is 16.8 Å². The van der Waals surface area contributed by atoms with Crippen molar-refractivity contribution in [2.75, 3.05) is 29.9 Å². The van der Waals surface area contributed by atoms with Crippen molar-refractivity contribution in [3.05, 3.63) is 62.7 Å². The summed E-state index contributed by atoms with van der Waals surface area (Å²) in [6, 6.07) is 4.88. The van der Waals surface area contributed by atoms with Gasteiger partial charge in [0.15, 0.2) is 0 Å². The Morgan fingerprint density at radius 1 is 1.29 bits per heavy atom. The van der Waals surface area contributed by atoms with Crippen molar-refractivity contribution in [3.8, 4) is 11.6 Å². The molecule has 1 aromatic carbocycles. The second-order valence-corrected chi connectivity index (χ2v) is 9.76. The lowest BCUT2D eigenvalue weighted by atomic mass is 10.1. The van der Waals surface area contributed by atoms with E-state index in [4.69, 9.17) is 21.4 Å². The number of fused-ring (bicyclic) bond motifs is 1. The van der Waals surface area contributed by atoms with Gasteiger partial charge in [-0.1, -0.05) is 23.7 Å². The number of hydrogen-bond donors (Lipinski definition) is 2. The van der Waals surface area contributed by atoms with Crippen LogP contribution in [0.25, 0.3) is 0 Å². The highest BCUT2D eigenvalue weighted by Gasteiger charge is 2.35. The molecule has 4 rings (SSSR count). The highest BCUT2D eigenvalue weighted by Crippen LogP contribution is 2.39. The van der Waals surface area contributed by atoms with Crippen molar-refractivity contribution in [3.63, 3.8) is 0 Å². The summed E-state index contributed by atoms with van der Waals surface area (Å²) >= 11 is 8.34. The molecule has 0 saturated heterocycles. The number of nitrogens with one attached hydrogen (secondary N) is 1. The average molecular weight is 641 g/mol. The van der Waals surface area contributed by atoms with Gasteiger partial charge in [0.1, 0.15) is 10.8 Å². The molecule has 0 amide bonds. The first-order chi connectivity index (χ1) is 16.7. The SMILES string of the molecule is O=c1c(Cl)c(N2CCc3c(nc(NCCO)nc3Oc3ccccc3C(F)(F)F)C2)cnn1PI. The smallest absolute Gasteiger partial charge is 0.419 e. The molecule has 1 aliphatic heterocycles. The van der Waals surface area contributed by atoms with Crippen LogP contribution in [0.15, 0.2) is 35.3 Å². The van der Waals surface area contributed by atoms with Crippen LogP contribution >= 0.6 is 40.0 Å². The Labute approximate surface area is 217 Å². The summed E-state index contributed by atoms with van der Waals surface area (Å²) in [6.45, 7) is 0.510. The first kappa shape index (κ1) is 25.9. The van der Waals surface area contributed by atoms with Crippen LogP contribution in [0, 0.1) is 0 Å². The van der Waals surface area contributed by atoms with Gasteiger partial charge in [-0.3, -0.25) is 4.79 Å². The van der Waals surface area contributed by atoms with Crippen molar-refractivity contribution >= 4 is 51.7 Å². The van der Waals surface area contributed by atoms with E-state index in [1.165, 1.54) is 28.8 Å². The highest BCUT2D eigenvalue weighted by atomic mass is 127. The minimum absolute atomic E-state index is 0.0162. The first-order valence-electron chi connectivity index (χ1n) is 10.2. The number of para-hydroxylation sites is 1. The molecule has 1 atom stereocenters. The molecule has 0 radical (unpaired) electrons. The minimum atomic E-state index is -4.61. The lowest BCUT2D eigenvalue weighted by molar-refractivity contribution is -0.138. The molecule has 0 bridgehead atoms. The molecule has 3 heterocycles. The molecule has 0 aliphatic carbocycles. The fraction of sp³-hybridized carbons (Fsp3) is 0.300. The van der Waals surface area contributed by atoms with E-state index in [0.29, 0.717) is 29.9 Å². The normalized spacial score (nSPS) is 13.8. The summed E-state index contributed by atoms with van der Waals surface area (Å²) in [5.74, 6) is -0.311. The molecular formula is C20H18ClF3IN6O3P. The Bertz CT molecular complexity index is 1300. The van der Waals surface area contributed by atoms with Crippen molar-refractivity contribution in [2.45, 2.75) is 19.1 Å². The van der Waals surface area contributed by atoms with Gasteiger partial charge in [0.25, 0.3) is 5.56 Å². The molecule has 3 aromatic rings. The van der Waals surface area contributed by atoms with Gasteiger partial charge in [-0.2, -0.15) is 23.3 Å². The maximum atomic E-state index is 13.5. The number of halogens is 5. The first-order valence-corrected chi connectivity index (χ1v) is 14.6. The number of nitrogens with zero attached hydrogens (tertiary/aromatic N) is 5. The van der Waals surface area contributed by atoms with Gasteiger partial charge in [0.2, 0.25) is 11.8 Å². The quantitative estimate of drug-likeness (QED) is 0.292. The van der Waals surface area contributed by atoms with E-state index in [1.807, 2.05) is 26.9 Å². The molecule has 186 valence electrons. The van der Waals surface area contributed by atoms with Gasteiger partial charge >= 0.3 is 6.18 Å². The van der Waals surface area contributed by atoms with Gasteiger partial charge in [0.05, 0.1) is 42.7 Å². The Balaban J connectivity index is 1.72. The topological polar surface area (TPSA) is 105 Å². The fourth-order valence-corrected chi connectivity index (χ4v) is 5.17. The van der Waals surface area contributed by atoms with Crippen LogP contribution in [-0.4, -0.2) is 44.3 Å². The van der Waals surface area contributed by atoms with Crippen LogP contribution < -0.4 is 20.5 Å². The van der Waals surface area contributed by atoms with E-state index in [9.17, 15) is 18.0 Å². The third-order valence-electron chi connectivity index (χ3n) is 5.14. The van der Waals surface area contributed by atoms with E-state index in [2.05, 4.69) is 20.4 Å². The van der Waals surface area contributed by atoms with Gasteiger partial charge in [0, 0.05) is 18.7 Å². The Morgan fingerprint density at radius 2 is 2.06 bits per heavy atom. The summed E-state index contributed by atoms with van der Waals surface area (Å²) in [4.78, 5) is 23.0. The number of ether oxygens (including phenoxy) is 1. The Morgan fingerprint density at radius 3 is 2.77 bits per heavy atom. The van der Waals surface area contributed by atoms with Gasteiger partial charge in [-0.15, -0.1) is 0 Å². The number of anilines is 2. The largest absolute Gasteiger partial charge is 0.438 e. The zero-order valence-corrected chi connectivity index (χ0v) is 21.7. The van der Waals surface area contributed by atoms with Crippen LogP contribution in [0.5, 0.6) is 11.6 Å². The molecule has 9 nitrogen and oxygen atoms in total. The van der Waals surface area contributed by atoms with Crippen LogP contribution in [0.2, 0.25) is 5.02 Å². The molecule has 1 aliphatic rings. The molecule has 35 heavy (non-hydrogen) atoms. The van der Waals surface area contributed by atoms with Crippen LogP contribution in [0.3, 0.4) is 0 Å². The van der Waals surface area contributed by atoms with Gasteiger partial charge in [-0.25, -0.2) is 9.44 Å². The standard InChI is InChI=1S/C20H18ClF3IN6O3P/c21-16-14(9-27-31(35-25)18(16)33)30-7-5-11-13(10-30)28-19(26-6-8-32)29-17(11)34-15-4-2-1-3-12(15)20(22,23)24/h1-4,9,32,35H,5-8,10H2,(H,26,28,29). The molecule has 15 heteroatoms. The number of aliphatic hydroxyl groups excluding tert-OH is 1. The van der Waals surface area contributed by atoms with E-state index in [-0.39, 0.29) is 48.7 Å². The van der Waals surface area contributed by atoms with Crippen LogP contribution in [0.4, 0.5) is 24.8 Å². The summed E-state index contributed by atoms with van der Waals surface area (Å²) < 4.78 is 47.4. The molecule has 2 N–H and O–H groups in total. The van der Waals surface area contributed by atoms with Gasteiger partial charge < -0.3 is 20.1 Å². The molecule has 2 aromatic heterocycles. The third kappa shape index (κ3) is 5.63. The lowest BCUT2D eigenvalue weighted by Gasteiger charge is -2.31. The zero-order chi connectivity index (χ0) is 25.2. The van der Waals surface area contributed by atoms with E-state index < -0.39 is 17.3 Å².